The number of amides is 1. The number of carbonyl (C=O) groups excluding carboxylic acids is 1. The Morgan fingerprint density at radius 1 is 1.31 bits per heavy atom. The molecule has 1 amide bonds. The largest absolute Gasteiger partial charge is 0.340 e. The maximum absolute atomic E-state index is 11.2. The fourth-order valence-corrected chi connectivity index (χ4v) is 2.11. The molecule has 0 aliphatic carbocycles. The quantitative estimate of drug-likeness (QED) is 0.694. The first-order chi connectivity index (χ1) is 7.75. The highest BCUT2D eigenvalue weighted by molar-refractivity contribution is 5.73. The molecule has 2 heterocycles. The van der Waals surface area contributed by atoms with Crippen molar-refractivity contribution < 1.29 is 4.79 Å². The summed E-state index contributed by atoms with van der Waals surface area (Å²) in [5.41, 5.74) is 1.18. The van der Waals surface area contributed by atoms with Crippen LogP contribution in [0.3, 0.4) is 0 Å². The molecular formula is C12H19N3O. The fourth-order valence-electron chi connectivity index (χ4n) is 2.11. The van der Waals surface area contributed by atoms with Gasteiger partial charge in [-0.05, 0) is 12.8 Å². The van der Waals surface area contributed by atoms with E-state index >= 15 is 0 Å². The molecule has 0 N–H and O–H groups in total. The van der Waals surface area contributed by atoms with Crippen molar-refractivity contribution in [3.8, 4) is 0 Å². The molecule has 0 atom stereocenters. The van der Waals surface area contributed by atoms with Gasteiger partial charge in [0.15, 0.2) is 0 Å². The summed E-state index contributed by atoms with van der Waals surface area (Å²) < 4.78 is 0. The van der Waals surface area contributed by atoms with Gasteiger partial charge in [-0.1, -0.05) is 6.08 Å². The molecule has 1 saturated heterocycles. The molecule has 2 aliphatic heterocycles. The molecule has 0 unspecified atom stereocenters. The van der Waals surface area contributed by atoms with Gasteiger partial charge in [0, 0.05) is 51.6 Å². The van der Waals surface area contributed by atoms with E-state index in [4.69, 9.17) is 0 Å². The number of rotatable bonds is 2. The van der Waals surface area contributed by atoms with Crippen LogP contribution < -0.4 is 0 Å². The predicted molar refractivity (Wildman–Crippen MR) is 64.5 cm³/mol. The lowest BCUT2D eigenvalue weighted by Gasteiger charge is -2.34. The predicted octanol–water partition coefficient (Wildman–Crippen LogP) is 0.899. The summed E-state index contributed by atoms with van der Waals surface area (Å²) >= 11 is 0. The minimum absolute atomic E-state index is 0.189. The van der Waals surface area contributed by atoms with Crippen molar-refractivity contribution in [2.75, 3.05) is 32.7 Å². The van der Waals surface area contributed by atoms with Crippen LogP contribution in [0.2, 0.25) is 0 Å². The number of aliphatic imine (C=N–C) groups is 1. The molecule has 0 aromatic heterocycles. The minimum atomic E-state index is 0.189. The Hall–Kier alpha value is -1.16. The highest BCUT2D eigenvalue weighted by Gasteiger charge is 2.18. The molecule has 16 heavy (non-hydrogen) atoms. The van der Waals surface area contributed by atoms with E-state index in [1.165, 1.54) is 5.70 Å². The highest BCUT2D eigenvalue weighted by Crippen LogP contribution is 2.10. The first-order valence-corrected chi connectivity index (χ1v) is 5.95. The minimum Gasteiger partial charge on any atom is -0.340 e. The standard InChI is InChI=1S/C12H19N3O/c1-11(16)15-8-6-14(7-9-15)10-12-4-2-3-5-13-12/h4-5H,2-3,6-10H2,1H3. The Labute approximate surface area is 96.6 Å². The molecule has 4 nitrogen and oxygen atoms in total. The van der Waals surface area contributed by atoms with E-state index in [2.05, 4.69) is 16.0 Å². The van der Waals surface area contributed by atoms with E-state index in [0.29, 0.717) is 0 Å². The summed E-state index contributed by atoms with van der Waals surface area (Å²) in [6, 6.07) is 0. The first kappa shape index (κ1) is 11.3. The molecule has 2 rings (SSSR count). The van der Waals surface area contributed by atoms with Gasteiger partial charge in [-0.25, -0.2) is 0 Å². The number of allylic oxidation sites excluding steroid dienone is 1. The van der Waals surface area contributed by atoms with Crippen LogP contribution >= 0.6 is 0 Å². The van der Waals surface area contributed by atoms with Crippen molar-refractivity contribution in [1.29, 1.82) is 0 Å². The molecule has 0 spiro atoms. The highest BCUT2D eigenvalue weighted by atomic mass is 16.2. The van der Waals surface area contributed by atoms with E-state index in [0.717, 1.165) is 45.6 Å². The van der Waals surface area contributed by atoms with Gasteiger partial charge in [0.25, 0.3) is 0 Å². The van der Waals surface area contributed by atoms with Gasteiger partial charge < -0.3 is 4.90 Å². The summed E-state index contributed by atoms with van der Waals surface area (Å²) in [5, 5.41) is 0. The number of hydrogen-bond acceptors (Lipinski definition) is 3. The lowest BCUT2D eigenvalue weighted by atomic mass is 10.2. The van der Waals surface area contributed by atoms with Gasteiger partial charge in [0.2, 0.25) is 5.91 Å². The molecule has 2 aliphatic rings. The van der Waals surface area contributed by atoms with Gasteiger partial charge >= 0.3 is 0 Å². The fraction of sp³-hybridized carbons (Fsp3) is 0.667. The first-order valence-electron chi connectivity index (χ1n) is 5.95. The van der Waals surface area contributed by atoms with Crippen LogP contribution in [0.1, 0.15) is 19.8 Å². The van der Waals surface area contributed by atoms with E-state index in [1.807, 2.05) is 11.1 Å². The third-order valence-corrected chi connectivity index (χ3v) is 3.14. The average Bonchev–Trinajstić information content (AvgIpc) is 2.31. The van der Waals surface area contributed by atoms with Crippen LogP contribution in [0.4, 0.5) is 0 Å². The lowest BCUT2D eigenvalue weighted by molar-refractivity contribution is -0.130. The summed E-state index contributed by atoms with van der Waals surface area (Å²) in [7, 11) is 0. The molecule has 88 valence electrons. The molecule has 0 radical (unpaired) electrons. The van der Waals surface area contributed by atoms with Crippen molar-refractivity contribution in [3.05, 3.63) is 11.8 Å². The molecular weight excluding hydrogens is 202 g/mol. The third-order valence-electron chi connectivity index (χ3n) is 3.14. The topological polar surface area (TPSA) is 35.9 Å². The molecule has 0 aromatic carbocycles. The Morgan fingerprint density at radius 2 is 2.06 bits per heavy atom. The van der Waals surface area contributed by atoms with Crippen LogP contribution in [0.25, 0.3) is 0 Å². The van der Waals surface area contributed by atoms with Crippen molar-refractivity contribution in [2.24, 2.45) is 4.99 Å². The third kappa shape index (κ3) is 2.92. The monoisotopic (exact) mass is 221 g/mol. The smallest absolute Gasteiger partial charge is 0.219 e. The number of hydrogen-bond donors (Lipinski definition) is 0. The SMILES string of the molecule is CC(=O)N1CCN(CC2=CCCC=N2)CC1. The average molecular weight is 221 g/mol. The Balaban J connectivity index is 1.79. The summed E-state index contributed by atoms with van der Waals surface area (Å²) in [6.07, 6.45) is 6.41. The molecule has 1 fully saturated rings. The van der Waals surface area contributed by atoms with E-state index in [1.54, 1.807) is 6.92 Å². The summed E-state index contributed by atoms with van der Waals surface area (Å²) in [4.78, 5) is 19.8. The maximum Gasteiger partial charge on any atom is 0.219 e. The second-order valence-electron chi connectivity index (χ2n) is 4.37. The van der Waals surface area contributed by atoms with Crippen molar-refractivity contribution >= 4 is 12.1 Å². The van der Waals surface area contributed by atoms with Gasteiger partial charge in [-0.3, -0.25) is 14.7 Å². The summed E-state index contributed by atoms with van der Waals surface area (Å²) in [5.74, 6) is 0.189. The van der Waals surface area contributed by atoms with Gasteiger partial charge in [-0.2, -0.15) is 0 Å². The van der Waals surface area contributed by atoms with E-state index in [-0.39, 0.29) is 5.91 Å². The summed E-state index contributed by atoms with van der Waals surface area (Å²) in [6.45, 7) is 6.21. The Morgan fingerprint density at radius 3 is 2.62 bits per heavy atom. The zero-order chi connectivity index (χ0) is 11.4. The number of nitrogens with zero attached hydrogens (tertiary/aromatic N) is 3. The van der Waals surface area contributed by atoms with Gasteiger partial charge in [0.05, 0.1) is 0 Å². The zero-order valence-corrected chi connectivity index (χ0v) is 9.85. The number of piperazine rings is 1. The molecule has 0 bridgehead atoms. The molecule has 0 aromatic rings. The normalized spacial score (nSPS) is 22.1. The Kier molecular flexibility index (Phi) is 3.72. The second-order valence-corrected chi connectivity index (χ2v) is 4.37. The van der Waals surface area contributed by atoms with E-state index < -0.39 is 0 Å². The lowest BCUT2D eigenvalue weighted by Crippen LogP contribution is -2.48. The maximum atomic E-state index is 11.2. The second kappa shape index (κ2) is 5.25. The molecule has 4 heteroatoms. The zero-order valence-electron chi connectivity index (χ0n) is 9.85. The van der Waals surface area contributed by atoms with E-state index in [9.17, 15) is 4.79 Å². The van der Waals surface area contributed by atoms with Crippen LogP contribution in [-0.4, -0.2) is 54.6 Å². The van der Waals surface area contributed by atoms with Crippen LogP contribution in [-0.2, 0) is 4.79 Å². The van der Waals surface area contributed by atoms with Crippen molar-refractivity contribution in [1.82, 2.24) is 9.80 Å². The van der Waals surface area contributed by atoms with Crippen LogP contribution in [0.5, 0.6) is 0 Å². The van der Waals surface area contributed by atoms with Crippen molar-refractivity contribution in [3.63, 3.8) is 0 Å². The van der Waals surface area contributed by atoms with Gasteiger partial charge in [-0.15, -0.1) is 0 Å². The molecule has 0 saturated carbocycles. The Bertz CT molecular complexity index is 314. The van der Waals surface area contributed by atoms with Crippen LogP contribution in [0.15, 0.2) is 16.8 Å². The van der Waals surface area contributed by atoms with Crippen molar-refractivity contribution in [2.45, 2.75) is 19.8 Å². The van der Waals surface area contributed by atoms with Gasteiger partial charge in [0.1, 0.15) is 0 Å². The van der Waals surface area contributed by atoms with Crippen LogP contribution in [0, 0.1) is 0 Å². The number of carbonyl (C=O) groups is 1.